The van der Waals surface area contributed by atoms with Gasteiger partial charge in [-0.25, -0.2) is 0 Å². The van der Waals surface area contributed by atoms with E-state index < -0.39 is 0 Å². The van der Waals surface area contributed by atoms with Crippen molar-refractivity contribution in [2.75, 3.05) is 12.9 Å². The summed E-state index contributed by atoms with van der Waals surface area (Å²) in [5.41, 5.74) is 0.900. The van der Waals surface area contributed by atoms with E-state index in [2.05, 4.69) is 22.2 Å². The van der Waals surface area contributed by atoms with Crippen LogP contribution in [0.4, 0.5) is 0 Å². The minimum Gasteiger partial charge on any atom is -0.492 e. The van der Waals surface area contributed by atoms with Crippen LogP contribution in [-0.4, -0.2) is 34.0 Å². The second kappa shape index (κ2) is 8.19. The first-order chi connectivity index (χ1) is 10.7. The van der Waals surface area contributed by atoms with E-state index in [0.29, 0.717) is 17.4 Å². The molecule has 0 bridgehead atoms. The van der Waals surface area contributed by atoms with Crippen LogP contribution < -0.4 is 4.74 Å². The zero-order valence-corrected chi connectivity index (χ0v) is 14.5. The summed E-state index contributed by atoms with van der Waals surface area (Å²) in [5, 5.41) is 14.0. The van der Waals surface area contributed by atoms with Gasteiger partial charge in [0.2, 0.25) is 5.16 Å². The van der Waals surface area contributed by atoms with Crippen molar-refractivity contribution in [1.82, 2.24) is 14.9 Å². The smallest absolute Gasteiger partial charge is 0.211 e. The highest BCUT2D eigenvalue weighted by Gasteiger charge is 2.08. The van der Waals surface area contributed by atoms with Gasteiger partial charge in [0, 0.05) is 6.42 Å². The Balaban J connectivity index is 2.20. The van der Waals surface area contributed by atoms with Crippen LogP contribution in [0.5, 0.6) is 5.75 Å². The molecule has 7 heteroatoms. The zero-order valence-electron chi connectivity index (χ0n) is 12.9. The van der Waals surface area contributed by atoms with Gasteiger partial charge in [-0.1, -0.05) is 37.2 Å². The lowest BCUT2D eigenvalue weighted by molar-refractivity contribution is 0.317. The minimum atomic E-state index is 0.585. The number of ether oxygens (including phenoxy) is 1. The molecule has 22 heavy (non-hydrogen) atoms. The number of hydrogen-bond donors (Lipinski definition) is 0. The molecule has 0 unspecified atom stereocenters. The van der Waals surface area contributed by atoms with Crippen molar-refractivity contribution in [3.05, 3.63) is 34.6 Å². The summed E-state index contributed by atoms with van der Waals surface area (Å²) in [6.07, 6.45) is 5.42. The highest BCUT2D eigenvalue weighted by atomic mass is 35.5. The maximum Gasteiger partial charge on any atom is 0.211 e. The van der Waals surface area contributed by atoms with Crippen LogP contribution in [0.25, 0.3) is 0 Å². The molecule has 0 fully saturated rings. The Hall–Kier alpha value is -1.53. The highest BCUT2D eigenvalue weighted by molar-refractivity contribution is 7.98. The number of hydrogen-bond acceptors (Lipinski definition) is 5. The first-order valence-corrected chi connectivity index (χ1v) is 8.74. The third-order valence-electron chi connectivity index (χ3n) is 2.92. The molecule has 0 aliphatic carbocycles. The van der Waals surface area contributed by atoms with E-state index in [4.69, 9.17) is 16.3 Å². The molecular weight excluding hydrogens is 320 g/mol. The van der Waals surface area contributed by atoms with Crippen LogP contribution in [0, 0.1) is 0 Å². The molecule has 0 aliphatic heterocycles. The third kappa shape index (κ3) is 4.01. The van der Waals surface area contributed by atoms with Crippen LogP contribution in [0.1, 0.15) is 31.7 Å². The fourth-order valence-corrected chi connectivity index (χ4v) is 2.50. The SMILES string of the molecule is CCCOc1ccc(/C=N\n2c(CC)nnc2SC)cc1Cl. The second-order valence-electron chi connectivity index (χ2n) is 4.55. The van der Waals surface area contributed by atoms with Crippen LogP contribution in [0.15, 0.2) is 28.5 Å². The molecular formula is C15H19ClN4OS. The Labute approximate surface area is 139 Å². The van der Waals surface area contributed by atoms with Gasteiger partial charge < -0.3 is 4.74 Å². The summed E-state index contributed by atoms with van der Waals surface area (Å²) in [7, 11) is 0. The summed E-state index contributed by atoms with van der Waals surface area (Å²) in [6, 6.07) is 5.63. The first kappa shape index (κ1) is 16.8. The molecule has 0 radical (unpaired) electrons. The van der Waals surface area contributed by atoms with Crippen molar-refractivity contribution in [3.8, 4) is 5.75 Å². The van der Waals surface area contributed by atoms with Crippen molar-refractivity contribution in [1.29, 1.82) is 0 Å². The number of aromatic nitrogens is 3. The van der Waals surface area contributed by atoms with Crippen LogP contribution in [0.3, 0.4) is 0 Å². The van der Waals surface area contributed by atoms with Gasteiger partial charge in [-0.2, -0.15) is 9.78 Å². The number of benzene rings is 1. The predicted octanol–water partition coefficient (Wildman–Crippen LogP) is 3.89. The molecule has 1 aromatic carbocycles. The second-order valence-corrected chi connectivity index (χ2v) is 5.73. The minimum absolute atomic E-state index is 0.585. The fourth-order valence-electron chi connectivity index (χ4n) is 1.81. The Morgan fingerprint density at radius 3 is 2.82 bits per heavy atom. The molecule has 118 valence electrons. The third-order valence-corrected chi connectivity index (χ3v) is 3.83. The maximum atomic E-state index is 6.22. The largest absolute Gasteiger partial charge is 0.492 e. The van der Waals surface area contributed by atoms with Crippen molar-refractivity contribution in [2.24, 2.45) is 5.10 Å². The van der Waals surface area contributed by atoms with Gasteiger partial charge in [0.1, 0.15) is 5.75 Å². The Kier molecular flexibility index (Phi) is 6.27. The molecule has 0 N–H and O–H groups in total. The van der Waals surface area contributed by atoms with Gasteiger partial charge in [0.15, 0.2) is 5.82 Å². The molecule has 2 aromatic rings. The highest BCUT2D eigenvalue weighted by Crippen LogP contribution is 2.25. The Morgan fingerprint density at radius 1 is 1.36 bits per heavy atom. The molecule has 5 nitrogen and oxygen atoms in total. The van der Waals surface area contributed by atoms with E-state index in [-0.39, 0.29) is 0 Å². The molecule has 0 amide bonds. The predicted molar refractivity (Wildman–Crippen MR) is 91.4 cm³/mol. The fraction of sp³-hybridized carbons (Fsp3) is 0.400. The summed E-state index contributed by atoms with van der Waals surface area (Å²) < 4.78 is 7.31. The standard InChI is InChI=1S/C15H19ClN4OS/c1-4-8-21-13-7-6-11(9-12(13)16)10-17-20-14(5-2)18-19-15(20)22-3/h6-7,9-10H,4-5,8H2,1-3H3/b17-10-. The molecule has 0 spiro atoms. The molecule has 0 aliphatic rings. The van der Waals surface area contributed by atoms with Crippen molar-refractivity contribution in [2.45, 2.75) is 31.8 Å². The molecule has 0 atom stereocenters. The van der Waals surface area contributed by atoms with E-state index >= 15 is 0 Å². The number of rotatable bonds is 7. The van der Waals surface area contributed by atoms with E-state index in [1.165, 1.54) is 11.8 Å². The molecule has 2 rings (SSSR count). The maximum absolute atomic E-state index is 6.22. The average molecular weight is 339 g/mol. The average Bonchev–Trinajstić information content (AvgIpc) is 2.94. The normalized spacial score (nSPS) is 11.3. The van der Waals surface area contributed by atoms with Crippen LogP contribution >= 0.6 is 23.4 Å². The Bertz CT molecular complexity index is 635. The summed E-state index contributed by atoms with van der Waals surface area (Å²) in [6.45, 7) is 4.74. The van der Waals surface area contributed by atoms with Crippen molar-refractivity contribution >= 4 is 29.6 Å². The van der Waals surface area contributed by atoms with E-state index in [0.717, 1.165) is 29.4 Å². The molecule has 0 saturated carbocycles. The molecule has 1 aromatic heterocycles. The van der Waals surface area contributed by atoms with E-state index in [1.807, 2.05) is 31.4 Å². The molecule has 1 heterocycles. The van der Waals surface area contributed by atoms with E-state index in [1.54, 1.807) is 10.9 Å². The van der Waals surface area contributed by atoms with Gasteiger partial charge in [-0.05, 0) is 36.4 Å². The summed E-state index contributed by atoms with van der Waals surface area (Å²) >= 11 is 7.73. The van der Waals surface area contributed by atoms with E-state index in [9.17, 15) is 0 Å². The van der Waals surface area contributed by atoms with Gasteiger partial charge in [-0.15, -0.1) is 10.2 Å². The monoisotopic (exact) mass is 338 g/mol. The van der Waals surface area contributed by atoms with Gasteiger partial charge in [0.05, 0.1) is 17.8 Å². The van der Waals surface area contributed by atoms with Gasteiger partial charge in [-0.3, -0.25) is 0 Å². The number of nitrogens with zero attached hydrogens (tertiary/aromatic N) is 4. The lowest BCUT2D eigenvalue weighted by Gasteiger charge is -2.07. The summed E-state index contributed by atoms with van der Waals surface area (Å²) in [5.74, 6) is 1.53. The molecule has 0 saturated heterocycles. The number of thioether (sulfide) groups is 1. The van der Waals surface area contributed by atoms with Crippen LogP contribution in [-0.2, 0) is 6.42 Å². The van der Waals surface area contributed by atoms with Gasteiger partial charge >= 0.3 is 0 Å². The topological polar surface area (TPSA) is 52.3 Å². The van der Waals surface area contributed by atoms with Crippen molar-refractivity contribution < 1.29 is 4.74 Å². The first-order valence-electron chi connectivity index (χ1n) is 7.14. The quantitative estimate of drug-likeness (QED) is 0.567. The zero-order chi connectivity index (χ0) is 15.9. The van der Waals surface area contributed by atoms with Gasteiger partial charge in [0.25, 0.3) is 0 Å². The Morgan fingerprint density at radius 2 is 2.18 bits per heavy atom. The number of aryl methyl sites for hydroxylation is 1. The number of halogens is 1. The summed E-state index contributed by atoms with van der Waals surface area (Å²) in [4.78, 5) is 0. The lowest BCUT2D eigenvalue weighted by atomic mass is 10.2. The van der Waals surface area contributed by atoms with Crippen molar-refractivity contribution in [3.63, 3.8) is 0 Å². The lowest BCUT2D eigenvalue weighted by Crippen LogP contribution is -1.99. The van der Waals surface area contributed by atoms with Crippen LogP contribution in [0.2, 0.25) is 5.02 Å².